The molecule has 2 rings (SSSR count). The van der Waals surface area contributed by atoms with Crippen molar-refractivity contribution in [3.8, 4) is 0 Å². The Morgan fingerprint density at radius 1 is 1.09 bits per heavy atom. The summed E-state index contributed by atoms with van der Waals surface area (Å²) in [7, 11) is 0. The lowest BCUT2D eigenvalue weighted by molar-refractivity contribution is 0.498. The number of thiocarbonyl (C=S) groups is 1. The van der Waals surface area contributed by atoms with Crippen molar-refractivity contribution < 1.29 is 0 Å². The molecule has 0 aliphatic carbocycles. The van der Waals surface area contributed by atoms with E-state index in [2.05, 4.69) is 63.8 Å². The van der Waals surface area contributed by atoms with Crippen molar-refractivity contribution in [1.82, 2.24) is 5.32 Å². The smallest absolute Gasteiger partial charge is 0.170 e. The highest BCUT2D eigenvalue weighted by molar-refractivity contribution is 9.10. The molecule has 2 aromatic carbocycles. The molecule has 116 valence electrons. The average Bonchev–Trinajstić information content (AvgIpc) is 2.54. The van der Waals surface area contributed by atoms with Crippen LogP contribution in [0.25, 0.3) is 0 Å². The highest BCUT2D eigenvalue weighted by Gasteiger charge is 2.08. The molecule has 0 heterocycles. The molecule has 2 aromatic rings. The minimum atomic E-state index is 0.576. The Hall–Kier alpha value is -1.39. The SMILES string of the molecule is CCC(CNC(=S)Nc1ccc(Br)cc1)Cc1ccccc1. The zero-order chi connectivity index (χ0) is 15.8. The number of hydrogen-bond acceptors (Lipinski definition) is 1. The number of benzene rings is 2. The predicted octanol–water partition coefficient (Wildman–Crippen LogP) is 5.00. The standard InChI is InChI=1S/C18H21BrN2S/c1-2-14(12-15-6-4-3-5-7-15)13-20-18(22)21-17-10-8-16(19)9-11-17/h3-11,14H,2,12-13H2,1H3,(H2,20,21,22). The summed E-state index contributed by atoms with van der Waals surface area (Å²) in [6.07, 6.45) is 2.20. The Labute approximate surface area is 146 Å². The Morgan fingerprint density at radius 2 is 1.77 bits per heavy atom. The van der Waals surface area contributed by atoms with E-state index >= 15 is 0 Å². The second-order valence-corrected chi connectivity index (χ2v) is 6.63. The highest BCUT2D eigenvalue weighted by Crippen LogP contribution is 2.14. The van der Waals surface area contributed by atoms with E-state index < -0.39 is 0 Å². The molecule has 1 unspecified atom stereocenters. The van der Waals surface area contributed by atoms with Crippen molar-refractivity contribution in [2.24, 2.45) is 5.92 Å². The average molecular weight is 377 g/mol. The van der Waals surface area contributed by atoms with Crippen LogP contribution in [0.2, 0.25) is 0 Å². The third-order valence-corrected chi connectivity index (χ3v) is 4.37. The molecule has 0 aliphatic heterocycles. The first-order valence-electron chi connectivity index (χ1n) is 7.51. The van der Waals surface area contributed by atoms with E-state index in [1.807, 2.05) is 24.3 Å². The first-order chi connectivity index (χ1) is 10.7. The molecule has 0 radical (unpaired) electrons. The van der Waals surface area contributed by atoms with Crippen molar-refractivity contribution >= 4 is 38.9 Å². The van der Waals surface area contributed by atoms with Crippen LogP contribution in [0, 0.1) is 5.92 Å². The number of anilines is 1. The molecule has 0 aromatic heterocycles. The molecule has 0 spiro atoms. The van der Waals surface area contributed by atoms with Gasteiger partial charge in [0.1, 0.15) is 0 Å². The van der Waals surface area contributed by atoms with Gasteiger partial charge in [0.25, 0.3) is 0 Å². The van der Waals surface area contributed by atoms with Gasteiger partial charge in [-0.1, -0.05) is 59.6 Å². The van der Waals surface area contributed by atoms with Crippen LogP contribution in [0.3, 0.4) is 0 Å². The summed E-state index contributed by atoms with van der Waals surface area (Å²) in [6.45, 7) is 3.11. The number of rotatable bonds is 6. The summed E-state index contributed by atoms with van der Waals surface area (Å²) in [5, 5.41) is 7.21. The van der Waals surface area contributed by atoms with Crippen LogP contribution in [0.15, 0.2) is 59.1 Å². The first kappa shape index (κ1) is 17.0. The Balaban J connectivity index is 1.79. The topological polar surface area (TPSA) is 24.1 Å². The third-order valence-electron chi connectivity index (χ3n) is 3.60. The summed E-state index contributed by atoms with van der Waals surface area (Å²) in [6, 6.07) is 18.6. The third kappa shape index (κ3) is 5.78. The number of hydrogen-bond donors (Lipinski definition) is 2. The van der Waals surface area contributed by atoms with Crippen LogP contribution in [0.1, 0.15) is 18.9 Å². The van der Waals surface area contributed by atoms with E-state index in [-0.39, 0.29) is 0 Å². The second-order valence-electron chi connectivity index (χ2n) is 5.31. The molecule has 1 atom stereocenters. The number of nitrogens with one attached hydrogen (secondary N) is 2. The van der Waals surface area contributed by atoms with Crippen LogP contribution >= 0.6 is 28.1 Å². The van der Waals surface area contributed by atoms with Crippen LogP contribution in [0.5, 0.6) is 0 Å². The van der Waals surface area contributed by atoms with Gasteiger partial charge in [-0.15, -0.1) is 0 Å². The van der Waals surface area contributed by atoms with E-state index in [4.69, 9.17) is 12.2 Å². The van der Waals surface area contributed by atoms with Crippen molar-refractivity contribution in [3.63, 3.8) is 0 Å². The molecular formula is C18H21BrN2S. The fourth-order valence-corrected chi connectivity index (χ4v) is 2.72. The predicted molar refractivity (Wildman–Crippen MR) is 102 cm³/mol. The van der Waals surface area contributed by atoms with Gasteiger partial charge in [-0.25, -0.2) is 0 Å². The van der Waals surface area contributed by atoms with Crippen molar-refractivity contribution in [2.45, 2.75) is 19.8 Å². The zero-order valence-electron chi connectivity index (χ0n) is 12.7. The van der Waals surface area contributed by atoms with Crippen LogP contribution in [-0.4, -0.2) is 11.7 Å². The van der Waals surface area contributed by atoms with Gasteiger partial charge in [-0.3, -0.25) is 0 Å². The summed E-state index contributed by atoms with van der Waals surface area (Å²) in [5.41, 5.74) is 2.37. The molecular weight excluding hydrogens is 356 g/mol. The maximum Gasteiger partial charge on any atom is 0.170 e. The van der Waals surface area contributed by atoms with E-state index in [0.717, 1.165) is 29.5 Å². The Bertz CT molecular complexity index is 584. The summed E-state index contributed by atoms with van der Waals surface area (Å²) in [5.74, 6) is 0.576. The van der Waals surface area contributed by atoms with Crippen molar-refractivity contribution in [1.29, 1.82) is 0 Å². The fraction of sp³-hybridized carbons (Fsp3) is 0.278. The van der Waals surface area contributed by atoms with Crippen LogP contribution < -0.4 is 10.6 Å². The normalized spacial score (nSPS) is 11.7. The van der Waals surface area contributed by atoms with E-state index in [9.17, 15) is 0 Å². The van der Waals surface area contributed by atoms with E-state index in [1.54, 1.807) is 0 Å². The van der Waals surface area contributed by atoms with Gasteiger partial charge in [-0.2, -0.15) is 0 Å². The molecule has 22 heavy (non-hydrogen) atoms. The van der Waals surface area contributed by atoms with E-state index in [1.165, 1.54) is 5.56 Å². The van der Waals surface area contributed by atoms with Gasteiger partial charge in [0, 0.05) is 16.7 Å². The van der Waals surface area contributed by atoms with Gasteiger partial charge in [0.05, 0.1) is 0 Å². The number of halogens is 1. The maximum absolute atomic E-state index is 5.37. The highest BCUT2D eigenvalue weighted by atomic mass is 79.9. The summed E-state index contributed by atoms with van der Waals surface area (Å²) < 4.78 is 1.06. The molecule has 0 saturated heterocycles. The van der Waals surface area contributed by atoms with Crippen molar-refractivity contribution in [3.05, 3.63) is 64.6 Å². The second kappa shape index (κ2) is 8.91. The van der Waals surface area contributed by atoms with E-state index in [0.29, 0.717) is 11.0 Å². The fourth-order valence-electron chi connectivity index (χ4n) is 2.25. The maximum atomic E-state index is 5.37. The molecule has 0 bridgehead atoms. The molecule has 2 N–H and O–H groups in total. The van der Waals surface area contributed by atoms with Gasteiger partial charge in [0.2, 0.25) is 0 Å². The summed E-state index contributed by atoms with van der Waals surface area (Å²) >= 11 is 8.79. The minimum absolute atomic E-state index is 0.576. The lowest BCUT2D eigenvalue weighted by Gasteiger charge is -2.17. The first-order valence-corrected chi connectivity index (χ1v) is 8.72. The quantitative estimate of drug-likeness (QED) is 0.693. The molecule has 0 saturated carbocycles. The monoisotopic (exact) mass is 376 g/mol. The van der Waals surface area contributed by atoms with Gasteiger partial charge >= 0.3 is 0 Å². The lowest BCUT2D eigenvalue weighted by atomic mass is 9.97. The molecule has 0 amide bonds. The van der Waals surface area contributed by atoms with Crippen LogP contribution in [-0.2, 0) is 6.42 Å². The van der Waals surface area contributed by atoms with Gasteiger partial charge < -0.3 is 10.6 Å². The zero-order valence-corrected chi connectivity index (χ0v) is 15.1. The Kier molecular flexibility index (Phi) is 6.87. The van der Waals surface area contributed by atoms with Gasteiger partial charge in [-0.05, 0) is 54.4 Å². The molecule has 0 aliphatic rings. The largest absolute Gasteiger partial charge is 0.362 e. The Morgan fingerprint density at radius 3 is 2.41 bits per heavy atom. The molecule has 4 heteroatoms. The minimum Gasteiger partial charge on any atom is -0.362 e. The lowest BCUT2D eigenvalue weighted by Crippen LogP contribution is -2.33. The molecule has 2 nitrogen and oxygen atoms in total. The summed E-state index contributed by atoms with van der Waals surface area (Å²) in [4.78, 5) is 0. The molecule has 0 fully saturated rings. The van der Waals surface area contributed by atoms with Crippen LogP contribution in [0.4, 0.5) is 5.69 Å². The van der Waals surface area contributed by atoms with Crippen molar-refractivity contribution in [2.75, 3.05) is 11.9 Å². The van der Waals surface area contributed by atoms with Gasteiger partial charge in [0.15, 0.2) is 5.11 Å².